The molecule has 0 aliphatic heterocycles. The van der Waals surface area contributed by atoms with Crippen LogP contribution in [0.3, 0.4) is 0 Å². The van der Waals surface area contributed by atoms with Crippen LogP contribution in [-0.4, -0.2) is 81.9 Å². The fraction of sp³-hybridized carbons (Fsp3) is 1.00. The molecule has 0 aromatic heterocycles. The van der Waals surface area contributed by atoms with Crippen LogP contribution in [0, 0.1) is 0 Å². The molecular weight excluding hydrogens is 624 g/mol. The minimum Gasteiger partial charge on any atom is -0.229 e. The van der Waals surface area contributed by atoms with Crippen molar-refractivity contribution in [3.63, 3.8) is 0 Å². The number of fused-ring (bicyclic) bond motifs is 3. The molecule has 3 saturated carbocycles. The summed E-state index contributed by atoms with van der Waals surface area (Å²) in [5, 5.41) is 0. The van der Waals surface area contributed by atoms with E-state index in [-0.39, 0.29) is 0 Å². The molecule has 3 fully saturated rings. The molecule has 224 valence electrons. The molecule has 38 heavy (non-hydrogen) atoms. The third-order valence-electron chi connectivity index (χ3n) is 6.78. The van der Waals surface area contributed by atoms with E-state index in [0.29, 0.717) is 0 Å². The Morgan fingerprint density at radius 1 is 0.132 bits per heavy atom. The molecule has 4 atom stereocenters. The zero-order valence-corrected chi connectivity index (χ0v) is 16.1. The minimum atomic E-state index is -9.77. The SMILES string of the molecule is FC1(F)C(F)(F)C(F)(F)[C@]2(F)[C@@](F)(C1(F)F)C(F)(F)C(F)(F)[C@@]1(F)C(F)(F)C(F)(F)C(F)(F)C(F)(F)[C@]12F. The number of hydrogen-bond acceptors (Lipinski definition) is 0. The highest BCUT2D eigenvalue weighted by Gasteiger charge is 3.21. The monoisotopic (exact) mass is 624 g/mol. The van der Waals surface area contributed by atoms with E-state index in [0.717, 1.165) is 0 Å². The van der Waals surface area contributed by atoms with Gasteiger partial charge in [0.1, 0.15) is 0 Å². The van der Waals surface area contributed by atoms with Crippen molar-refractivity contribution in [2.24, 2.45) is 0 Å². The lowest BCUT2D eigenvalue weighted by Crippen LogP contribution is -3.06. The highest BCUT2D eigenvalue weighted by Crippen LogP contribution is 2.87. The fourth-order valence-electron chi connectivity index (χ4n) is 4.69. The van der Waals surface area contributed by atoms with Crippen molar-refractivity contribution >= 4 is 0 Å². The maximum atomic E-state index is 15.3. The van der Waals surface area contributed by atoms with E-state index >= 15 is 8.78 Å². The summed E-state index contributed by atoms with van der Waals surface area (Å²) in [5.74, 6) is -91.1. The summed E-state index contributed by atoms with van der Waals surface area (Å²) in [6.07, 6.45) is 0. The van der Waals surface area contributed by atoms with Gasteiger partial charge in [-0.15, -0.1) is 0 Å². The number of rotatable bonds is 0. The Labute approximate surface area is 188 Å². The van der Waals surface area contributed by atoms with Crippen LogP contribution in [0.1, 0.15) is 0 Å². The fourth-order valence-corrected chi connectivity index (χ4v) is 4.69. The zero-order chi connectivity index (χ0) is 31.0. The quantitative estimate of drug-likeness (QED) is 0.250. The van der Waals surface area contributed by atoms with Crippen LogP contribution >= 0.6 is 0 Å². The average Bonchev–Trinajstić information content (AvgIpc) is 2.72. The molecule has 0 radical (unpaired) electrons. The lowest BCUT2D eigenvalue weighted by molar-refractivity contribution is -0.587. The van der Waals surface area contributed by atoms with E-state index in [9.17, 15) is 96.6 Å². The smallest absolute Gasteiger partial charge is 0.229 e. The van der Waals surface area contributed by atoms with Crippen LogP contribution in [0.2, 0.25) is 0 Å². The van der Waals surface area contributed by atoms with Crippen LogP contribution < -0.4 is 0 Å². The van der Waals surface area contributed by atoms with Gasteiger partial charge in [0.2, 0.25) is 0 Å². The van der Waals surface area contributed by atoms with E-state index in [1.165, 1.54) is 0 Å². The summed E-state index contributed by atoms with van der Waals surface area (Å²) in [5.41, 5.74) is -38.6. The van der Waals surface area contributed by atoms with Crippen LogP contribution in [0.15, 0.2) is 0 Å². The van der Waals surface area contributed by atoms with Crippen LogP contribution in [0.5, 0.6) is 0 Å². The van der Waals surface area contributed by atoms with Gasteiger partial charge in [-0.25, -0.2) is 17.6 Å². The Morgan fingerprint density at radius 2 is 0.237 bits per heavy atom. The second kappa shape index (κ2) is 6.14. The first-order valence-corrected chi connectivity index (χ1v) is 8.54. The number of hydrogen-bond donors (Lipinski definition) is 0. The first kappa shape index (κ1) is 30.9. The standard InChI is InChI=1S/C14F24/c15-1-2(16)4(18,10(29,30)14(37,38)12(33,34)6(2,21)22)8(25,26)7(23,24)3(1,17)9(27,28)13(35,36)11(31,32)5(1,19)20/t1-,2-,3-,4+/m1/s1. The molecule has 0 bridgehead atoms. The summed E-state index contributed by atoms with van der Waals surface area (Å²) in [6, 6.07) is 0. The Kier molecular flexibility index (Phi) is 4.98. The molecule has 24 heteroatoms. The number of alkyl halides is 24. The van der Waals surface area contributed by atoms with Gasteiger partial charge in [0, 0.05) is 0 Å². The second-order valence-corrected chi connectivity index (χ2v) is 8.38. The van der Waals surface area contributed by atoms with Crippen molar-refractivity contribution < 1.29 is 105 Å². The maximum absolute atomic E-state index is 15.3. The Morgan fingerprint density at radius 3 is 0.395 bits per heavy atom. The number of halogens is 24. The van der Waals surface area contributed by atoms with Gasteiger partial charge in [0.25, 0.3) is 22.7 Å². The Balaban J connectivity index is 2.86. The molecule has 0 heterocycles. The minimum absolute atomic E-state index is 8.76. The predicted molar refractivity (Wildman–Crippen MR) is 64.8 cm³/mol. The molecule has 3 rings (SSSR count). The molecule has 3 aliphatic rings. The molecule has 0 amide bonds. The van der Waals surface area contributed by atoms with Crippen molar-refractivity contribution in [1.29, 1.82) is 0 Å². The van der Waals surface area contributed by atoms with Gasteiger partial charge in [-0.1, -0.05) is 0 Å². The van der Waals surface area contributed by atoms with Gasteiger partial charge in [-0.05, 0) is 0 Å². The molecule has 0 N–H and O–H groups in total. The third kappa shape index (κ3) is 1.88. The van der Waals surface area contributed by atoms with Crippen molar-refractivity contribution in [3.05, 3.63) is 0 Å². The van der Waals surface area contributed by atoms with Crippen molar-refractivity contribution in [1.82, 2.24) is 0 Å². The topological polar surface area (TPSA) is 0 Å². The van der Waals surface area contributed by atoms with Crippen LogP contribution in [-0.2, 0) is 0 Å². The Hall–Kier alpha value is -1.68. The van der Waals surface area contributed by atoms with Crippen LogP contribution in [0.4, 0.5) is 105 Å². The van der Waals surface area contributed by atoms with Crippen LogP contribution in [0.25, 0.3) is 0 Å². The zero-order valence-electron chi connectivity index (χ0n) is 16.1. The second-order valence-electron chi connectivity index (χ2n) is 8.38. The van der Waals surface area contributed by atoms with Gasteiger partial charge in [-0.3, -0.25) is 0 Å². The first-order chi connectivity index (χ1) is 16.0. The summed E-state index contributed by atoms with van der Waals surface area (Å²) in [4.78, 5) is 0. The van der Waals surface area contributed by atoms with Crippen molar-refractivity contribution in [2.75, 3.05) is 0 Å². The molecule has 0 saturated heterocycles. The highest BCUT2D eigenvalue weighted by molar-refractivity contribution is 5.51. The largest absolute Gasteiger partial charge is 0.382 e. The summed E-state index contributed by atoms with van der Waals surface area (Å²) < 4.78 is 339. The molecular formula is C14F24. The first-order valence-electron chi connectivity index (χ1n) is 8.54. The van der Waals surface area contributed by atoms with Gasteiger partial charge in [0.05, 0.1) is 0 Å². The van der Waals surface area contributed by atoms with E-state index in [2.05, 4.69) is 0 Å². The van der Waals surface area contributed by atoms with E-state index in [1.807, 2.05) is 0 Å². The predicted octanol–water partition coefficient (Wildman–Crippen LogP) is 7.21. The van der Waals surface area contributed by atoms with E-state index in [4.69, 9.17) is 0 Å². The molecule has 0 spiro atoms. The maximum Gasteiger partial charge on any atom is 0.382 e. The van der Waals surface area contributed by atoms with Crippen molar-refractivity contribution in [2.45, 2.75) is 81.9 Å². The summed E-state index contributed by atoms with van der Waals surface area (Å²) in [6.45, 7) is 0. The molecule has 0 nitrogen and oxygen atoms in total. The van der Waals surface area contributed by atoms with Gasteiger partial charge >= 0.3 is 59.2 Å². The lowest BCUT2D eigenvalue weighted by Gasteiger charge is -2.70. The lowest BCUT2D eigenvalue weighted by atomic mass is 9.43. The molecule has 3 aliphatic carbocycles. The summed E-state index contributed by atoms with van der Waals surface area (Å²) >= 11 is 0. The average molecular weight is 624 g/mol. The highest BCUT2D eigenvalue weighted by atomic mass is 19.4. The Bertz CT molecular complexity index is 982. The van der Waals surface area contributed by atoms with E-state index in [1.54, 1.807) is 0 Å². The summed E-state index contributed by atoms with van der Waals surface area (Å²) in [7, 11) is 0. The normalized spacial score (nSPS) is 47.4. The third-order valence-corrected chi connectivity index (χ3v) is 6.78. The van der Waals surface area contributed by atoms with Crippen molar-refractivity contribution in [3.8, 4) is 0 Å². The molecule has 0 aromatic carbocycles. The van der Waals surface area contributed by atoms with Gasteiger partial charge in [0.15, 0.2) is 0 Å². The van der Waals surface area contributed by atoms with E-state index < -0.39 is 81.9 Å². The molecule has 0 aromatic rings. The van der Waals surface area contributed by atoms with Gasteiger partial charge < -0.3 is 0 Å². The van der Waals surface area contributed by atoms with Gasteiger partial charge in [-0.2, -0.15) is 87.8 Å². The molecule has 0 unspecified atom stereocenters.